The van der Waals surface area contributed by atoms with Gasteiger partial charge in [0.1, 0.15) is 0 Å². The fourth-order valence-corrected chi connectivity index (χ4v) is 4.74. The highest BCUT2D eigenvalue weighted by Gasteiger charge is 2.40. The third-order valence-electron chi connectivity index (χ3n) is 5.07. The summed E-state index contributed by atoms with van der Waals surface area (Å²) in [6, 6.07) is 8.31. The van der Waals surface area contributed by atoms with Gasteiger partial charge in [-0.2, -0.15) is 0 Å². The first-order chi connectivity index (χ1) is 11.6. The van der Waals surface area contributed by atoms with Gasteiger partial charge in [-0.15, -0.1) is 11.3 Å². The van der Waals surface area contributed by atoms with E-state index in [2.05, 4.69) is 21.7 Å². The zero-order valence-electron chi connectivity index (χ0n) is 13.7. The lowest BCUT2D eigenvalue weighted by molar-refractivity contribution is -0.118. The van der Waals surface area contributed by atoms with E-state index >= 15 is 0 Å². The molecule has 2 aliphatic rings. The minimum Gasteiger partial charge on any atom is -0.325 e. The van der Waals surface area contributed by atoms with E-state index in [9.17, 15) is 4.79 Å². The first-order valence-electron chi connectivity index (χ1n) is 8.49. The van der Waals surface area contributed by atoms with Crippen LogP contribution in [-0.2, 0) is 11.2 Å². The summed E-state index contributed by atoms with van der Waals surface area (Å²) in [7, 11) is 0. The second-order valence-electron chi connectivity index (χ2n) is 6.76. The molecule has 1 aliphatic heterocycles. The molecule has 1 aromatic carbocycles. The number of rotatable bonds is 4. The zero-order valence-corrected chi connectivity index (χ0v) is 15.3. The van der Waals surface area contributed by atoms with Crippen LogP contribution in [0.25, 0.3) is 0 Å². The number of carbonyl (C=O) groups is 1. The van der Waals surface area contributed by atoms with Gasteiger partial charge in [0.25, 0.3) is 0 Å². The second kappa shape index (κ2) is 6.51. The molecule has 126 valence electrons. The average Bonchev–Trinajstić information content (AvgIpc) is 3.28. The van der Waals surface area contributed by atoms with Gasteiger partial charge in [-0.25, -0.2) is 0 Å². The van der Waals surface area contributed by atoms with Gasteiger partial charge in [-0.3, -0.25) is 9.69 Å². The van der Waals surface area contributed by atoms with E-state index in [1.165, 1.54) is 23.3 Å². The smallest absolute Gasteiger partial charge is 0.238 e. The van der Waals surface area contributed by atoms with Gasteiger partial charge >= 0.3 is 0 Å². The van der Waals surface area contributed by atoms with Crippen LogP contribution in [0.3, 0.4) is 0 Å². The highest BCUT2D eigenvalue weighted by Crippen LogP contribution is 2.48. The fraction of sp³-hybridized carbons (Fsp3) is 0.421. The lowest BCUT2D eigenvalue weighted by atomic mass is 9.96. The number of nitrogens with zero attached hydrogens (tertiary/aromatic N) is 1. The van der Waals surface area contributed by atoms with Crippen molar-refractivity contribution in [2.24, 2.45) is 5.92 Å². The summed E-state index contributed by atoms with van der Waals surface area (Å²) >= 11 is 8.00. The number of carbonyl (C=O) groups excluding carboxylic acids is 1. The van der Waals surface area contributed by atoms with E-state index in [1.807, 2.05) is 36.5 Å². The van der Waals surface area contributed by atoms with Crippen molar-refractivity contribution in [3.8, 4) is 0 Å². The van der Waals surface area contributed by atoms with Crippen molar-refractivity contribution in [2.75, 3.05) is 18.4 Å². The maximum atomic E-state index is 12.6. The van der Waals surface area contributed by atoms with Gasteiger partial charge in [-0.1, -0.05) is 17.7 Å². The number of halogens is 1. The highest BCUT2D eigenvalue weighted by molar-refractivity contribution is 7.10. The first kappa shape index (κ1) is 16.1. The van der Waals surface area contributed by atoms with Crippen LogP contribution >= 0.6 is 22.9 Å². The molecule has 1 amide bonds. The molecular weight excluding hydrogens is 340 g/mol. The van der Waals surface area contributed by atoms with Gasteiger partial charge in [0.15, 0.2) is 0 Å². The van der Waals surface area contributed by atoms with E-state index < -0.39 is 0 Å². The molecule has 1 aromatic heterocycles. The van der Waals surface area contributed by atoms with Crippen molar-refractivity contribution in [3.05, 3.63) is 50.7 Å². The molecule has 0 radical (unpaired) electrons. The lowest BCUT2D eigenvalue weighted by Gasteiger charge is -2.35. The van der Waals surface area contributed by atoms with Gasteiger partial charge in [0.05, 0.1) is 6.54 Å². The molecule has 1 atom stereocenters. The summed E-state index contributed by atoms with van der Waals surface area (Å²) in [4.78, 5) is 16.5. The summed E-state index contributed by atoms with van der Waals surface area (Å²) < 4.78 is 0. The molecule has 0 bridgehead atoms. The third kappa shape index (κ3) is 3.10. The van der Waals surface area contributed by atoms with Crippen molar-refractivity contribution in [1.29, 1.82) is 0 Å². The van der Waals surface area contributed by atoms with Crippen LogP contribution < -0.4 is 5.32 Å². The van der Waals surface area contributed by atoms with Crippen molar-refractivity contribution < 1.29 is 4.79 Å². The zero-order chi connectivity index (χ0) is 16.7. The molecule has 0 unspecified atom stereocenters. The van der Waals surface area contributed by atoms with Crippen LogP contribution in [0, 0.1) is 12.8 Å². The molecule has 3 nitrogen and oxygen atoms in total. The monoisotopic (exact) mass is 360 g/mol. The number of benzene rings is 1. The quantitative estimate of drug-likeness (QED) is 0.860. The Labute approximate surface area is 151 Å². The third-order valence-corrected chi connectivity index (χ3v) is 6.48. The Morgan fingerprint density at radius 3 is 3.00 bits per heavy atom. The van der Waals surface area contributed by atoms with Crippen LogP contribution in [0.2, 0.25) is 5.02 Å². The van der Waals surface area contributed by atoms with E-state index in [-0.39, 0.29) is 5.91 Å². The Balaban J connectivity index is 1.48. The largest absolute Gasteiger partial charge is 0.325 e. The molecular formula is C19H21ClN2OS. The Bertz CT molecular complexity index is 768. The molecule has 1 fully saturated rings. The number of hydrogen-bond acceptors (Lipinski definition) is 3. The van der Waals surface area contributed by atoms with E-state index in [1.54, 1.807) is 0 Å². The Morgan fingerprint density at radius 1 is 1.38 bits per heavy atom. The topological polar surface area (TPSA) is 32.3 Å². The molecule has 2 aromatic rings. The number of fused-ring (bicyclic) bond motifs is 1. The number of thiophene rings is 1. The van der Waals surface area contributed by atoms with Gasteiger partial charge in [0, 0.05) is 28.2 Å². The lowest BCUT2D eigenvalue weighted by Crippen LogP contribution is -2.41. The molecule has 5 heteroatoms. The molecule has 4 rings (SSSR count). The van der Waals surface area contributed by atoms with Gasteiger partial charge in [-0.05, 0) is 66.8 Å². The predicted molar refractivity (Wildman–Crippen MR) is 99.9 cm³/mol. The summed E-state index contributed by atoms with van der Waals surface area (Å²) in [5.41, 5.74) is 3.19. The number of anilines is 1. The van der Waals surface area contributed by atoms with Crippen LogP contribution in [0.15, 0.2) is 29.6 Å². The van der Waals surface area contributed by atoms with Crippen LogP contribution in [0.5, 0.6) is 0 Å². The molecule has 1 saturated carbocycles. The molecule has 0 saturated heterocycles. The first-order valence-corrected chi connectivity index (χ1v) is 9.74. The maximum absolute atomic E-state index is 12.6. The Morgan fingerprint density at radius 2 is 2.21 bits per heavy atom. The molecule has 0 spiro atoms. The van der Waals surface area contributed by atoms with Gasteiger partial charge in [0.2, 0.25) is 5.91 Å². The normalized spacial score (nSPS) is 20.7. The summed E-state index contributed by atoms with van der Waals surface area (Å²) in [5.74, 6) is 0.768. The van der Waals surface area contributed by atoms with Crippen LogP contribution in [0.4, 0.5) is 5.69 Å². The summed E-state index contributed by atoms with van der Waals surface area (Å²) in [5, 5.41) is 5.91. The fourth-order valence-electron chi connectivity index (χ4n) is 3.66. The van der Waals surface area contributed by atoms with Crippen LogP contribution in [-0.4, -0.2) is 23.9 Å². The second-order valence-corrected chi connectivity index (χ2v) is 8.17. The average molecular weight is 361 g/mol. The molecule has 2 heterocycles. The molecule has 1 N–H and O–H groups in total. The summed E-state index contributed by atoms with van der Waals surface area (Å²) in [6.07, 6.45) is 3.62. The Hall–Kier alpha value is -1.36. The number of hydrogen-bond donors (Lipinski definition) is 1. The molecule has 1 aliphatic carbocycles. The summed E-state index contributed by atoms with van der Waals surface area (Å²) in [6.45, 7) is 3.35. The van der Waals surface area contributed by atoms with Crippen molar-refractivity contribution >= 4 is 34.5 Å². The minimum atomic E-state index is 0.0460. The SMILES string of the molecule is Cc1c(Cl)cccc1NC(=O)CN1CCc2sccc2[C@H]1C1CC1. The van der Waals surface area contributed by atoms with E-state index in [0.717, 1.165) is 30.1 Å². The Kier molecular flexibility index (Phi) is 4.37. The van der Waals surface area contributed by atoms with Gasteiger partial charge < -0.3 is 5.32 Å². The predicted octanol–water partition coefficient (Wildman–Crippen LogP) is 4.66. The highest BCUT2D eigenvalue weighted by atomic mass is 35.5. The minimum absolute atomic E-state index is 0.0460. The number of amides is 1. The maximum Gasteiger partial charge on any atom is 0.238 e. The van der Waals surface area contributed by atoms with Crippen LogP contribution in [0.1, 0.15) is 34.9 Å². The number of nitrogens with one attached hydrogen (secondary N) is 1. The van der Waals surface area contributed by atoms with E-state index in [0.29, 0.717) is 17.6 Å². The van der Waals surface area contributed by atoms with Crippen molar-refractivity contribution in [1.82, 2.24) is 4.90 Å². The standard InChI is InChI=1S/C19H21ClN2OS/c1-12-15(20)3-2-4-16(12)21-18(23)11-22-9-7-17-14(8-10-24-17)19(22)13-5-6-13/h2-4,8,10,13,19H,5-7,9,11H2,1H3,(H,21,23)/t19-/m1/s1. The van der Waals surface area contributed by atoms with E-state index in [4.69, 9.17) is 11.6 Å². The van der Waals surface area contributed by atoms with Crippen molar-refractivity contribution in [2.45, 2.75) is 32.2 Å². The van der Waals surface area contributed by atoms with Crippen molar-refractivity contribution in [3.63, 3.8) is 0 Å². The molecule has 24 heavy (non-hydrogen) atoms.